The Morgan fingerprint density at radius 2 is 1.90 bits per heavy atom. The topological polar surface area (TPSA) is 58.8 Å². The molecule has 3 aromatic heterocycles. The average Bonchev–Trinajstić information content (AvgIpc) is 3.10. The third-order valence-electron chi connectivity index (χ3n) is 6.76. The molecule has 158 valence electrons. The molecule has 2 aliphatic rings. The Morgan fingerprint density at radius 1 is 1.10 bits per heavy atom. The first-order chi connectivity index (χ1) is 15.0. The maximum Gasteiger partial charge on any atom is 0.167 e. The van der Waals surface area contributed by atoms with E-state index in [1.807, 2.05) is 23.0 Å². The summed E-state index contributed by atoms with van der Waals surface area (Å²) in [5, 5.41) is 5.36. The van der Waals surface area contributed by atoms with Crippen LogP contribution >= 0.6 is 0 Å². The Labute approximate surface area is 179 Å². The van der Waals surface area contributed by atoms with Crippen molar-refractivity contribution in [2.45, 2.75) is 6.04 Å². The second-order valence-electron chi connectivity index (χ2n) is 8.69. The Morgan fingerprint density at radius 3 is 2.65 bits per heavy atom. The van der Waals surface area contributed by atoms with E-state index in [0.29, 0.717) is 11.6 Å². The summed E-state index contributed by atoms with van der Waals surface area (Å²) in [6.07, 6.45) is 7.46. The zero-order chi connectivity index (χ0) is 21.3. The summed E-state index contributed by atoms with van der Waals surface area (Å²) >= 11 is 0. The molecule has 8 heteroatoms. The number of pyridine rings is 1. The minimum absolute atomic E-state index is 0.192. The van der Waals surface area contributed by atoms with Crippen molar-refractivity contribution in [2.24, 2.45) is 11.8 Å². The molecule has 0 N–H and O–H groups in total. The van der Waals surface area contributed by atoms with E-state index < -0.39 is 5.82 Å². The number of hydrogen-bond acceptors (Lipinski definition) is 6. The molecule has 3 atom stereocenters. The summed E-state index contributed by atoms with van der Waals surface area (Å²) < 4.78 is 21.1. The van der Waals surface area contributed by atoms with Gasteiger partial charge in [0.15, 0.2) is 17.2 Å². The monoisotopic (exact) mass is 418 g/mol. The lowest BCUT2D eigenvalue weighted by Gasteiger charge is -2.23. The van der Waals surface area contributed by atoms with Gasteiger partial charge < -0.3 is 14.5 Å². The van der Waals surface area contributed by atoms with E-state index in [2.05, 4.69) is 34.0 Å². The normalized spacial score (nSPS) is 22.5. The van der Waals surface area contributed by atoms with Crippen LogP contribution in [0.2, 0.25) is 0 Å². The minimum Gasteiger partial charge on any atom is -0.494 e. The van der Waals surface area contributed by atoms with Crippen LogP contribution in [0.15, 0.2) is 43.0 Å². The smallest absolute Gasteiger partial charge is 0.167 e. The van der Waals surface area contributed by atoms with Gasteiger partial charge in [0.05, 0.1) is 36.9 Å². The first-order valence-corrected chi connectivity index (χ1v) is 10.4. The highest BCUT2D eigenvalue weighted by molar-refractivity contribution is 5.98. The molecule has 1 aliphatic heterocycles. The molecular formula is C23H23FN6O. The average molecular weight is 418 g/mol. The number of rotatable bonds is 4. The van der Waals surface area contributed by atoms with E-state index in [-0.39, 0.29) is 5.75 Å². The van der Waals surface area contributed by atoms with Gasteiger partial charge in [-0.1, -0.05) is 0 Å². The number of ether oxygens (including phenoxy) is 1. The molecule has 0 radical (unpaired) electrons. The number of halogens is 1. The second-order valence-corrected chi connectivity index (χ2v) is 8.69. The van der Waals surface area contributed by atoms with Crippen molar-refractivity contribution in [3.8, 4) is 16.9 Å². The second kappa shape index (κ2) is 6.62. The van der Waals surface area contributed by atoms with Gasteiger partial charge in [-0.05, 0) is 43.6 Å². The molecule has 0 amide bonds. The van der Waals surface area contributed by atoms with E-state index in [1.165, 1.54) is 13.2 Å². The fourth-order valence-corrected chi connectivity index (χ4v) is 5.23. The van der Waals surface area contributed by atoms with E-state index >= 15 is 0 Å². The lowest BCUT2D eigenvalue weighted by Crippen LogP contribution is -2.30. The first kappa shape index (κ1) is 18.5. The lowest BCUT2D eigenvalue weighted by molar-refractivity contribution is 0.357. The molecule has 1 unspecified atom stereocenters. The zero-order valence-electron chi connectivity index (χ0n) is 17.7. The van der Waals surface area contributed by atoms with Crippen molar-refractivity contribution in [1.29, 1.82) is 0 Å². The predicted molar refractivity (Wildman–Crippen MR) is 117 cm³/mol. The molecule has 6 rings (SSSR count). The molecule has 0 bridgehead atoms. The molecule has 2 fully saturated rings. The lowest BCUT2D eigenvalue weighted by atomic mass is 10.0. The fourth-order valence-electron chi connectivity index (χ4n) is 5.23. The van der Waals surface area contributed by atoms with Gasteiger partial charge in [-0.15, -0.1) is 0 Å². The number of hydrogen-bond donors (Lipinski definition) is 0. The predicted octanol–water partition coefficient (Wildman–Crippen LogP) is 3.09. The van der Waals surface area contributed by atoms with Gasteiger partial charge in [0.2, 0.25) is 0 Å². The van der Waals surface area contributed by atoms with Crippen LogP contribution in [0.25, 0.3) is 27.7 Å². The molecule has 7 nitrogen and oxygen atoms in total. The van der Waals surface area contributed by atoms with E-state index in [0.717, 1.165) is 52.8 Å². The van der Waals surface area contributed by atoms with Crippen LogP contribution in [0.4, 0.5) is 10.1 Å². The van der Waals surface area contributed by atoms with Crippen molar-refractivity contribution in [3.63, 3.8) is 0 Å². The van der Waals surface area contributed by atoms with Crippen LogP contribution in [0, 0.1) is 17.7 Å². The van der Waals surface area contributed by atoms with Gasteiger partial charge in [0, 0.05) is 42.3 Å². The highest BCUT2D eigenvalue weighted by Gasteiger charge is 2.56. The van der Waals surface area contributed by atoms with E-state index in [9.17, 15) is 4.39 Å². The molecule has 1 aromatic carbocycles. The fraction of sp³-hybridized carbons (Fsp3) is 0.348. The number of piperidine rings is 1. The SMILES string of the molecule is COc1cc2c(-c3cnn4cc(N5CC6[C@@H](C5)[C@H]6N(C)C)cnc34)ccnc2cc1F. The van der Waals surface area contributed by atoms with Crippen molar-refractivity contribution >= 4 is 22.2 Å². The Balaban J connectivity index is 1.37. The summed E-state index contributed by atoms with van der Waals surface area (Å²) in [5.74, 6) is 1.26. The third-order valence-corrected chi connectivity index (χ3v) is 6.76. The third kappa shape index (κ3) is 2.78. The highest BCUT2D eigenvalue weighted by atomic mass is 19.1. The molecule has 1 aliphatic carbocycles. The zero-order valence-corrected chi connectivity index (χ0v) is 17.7. The van der Waals surface area contributed by atoms with Gasteiger partial charge in [-0.25, -0.2) is 13.9 Å². The molecule has 1 saturated carbocycles. The quantitative estimate of drug-likeness (QED) is 0.508. The van der Waals surface area contributed by atoms with E-state index in [1.54, 1.807) is 18.5 Å². The molecule has 31 heavy (non-hydrogen) atoms. The van der Waals surface area contributed by atoms with Gasteiger partial charge in [-0.2, -0.15) is 5.10 Å². The standard InChI is InChI=1S/C23H23FN6O/c1-28(2)22-17-11-29(12-18(17)22)13-8-26-23-16(9-27-30(23)10-13)14-4-5-25-20-7-19(24)21(31-3)6-15(14)20/h4-10,17-18,22H,11-12H2,1-3H3/t17-,18?,22-/m1/s1. The van der Waals surface area contributed by atoms with E-state index in [4.69, 9.17) is 9.72 Å². The molecule has 4 aromatic rings. The van der Waals surface area contributed by atoms with Crippen LogP contribution in [0.5, 0.6) is 5.75 Å². The van der Waals surface area contributed by atoms with Crippen molar-refractivity contribution in [2.75, 3.05) is 39.2 Å². The molecular weight excluding hydrogens is 395 g/mol. The summed E-state index contributed by atoms with van der Waals surface area (Å²) in [6, 6.07) is 5.70. The number of aromatic nitrogens is 4. The van der Waals surface area contributed by atoms with Gasteiger partial charge in [0.1, 0.15) is 0 Å². The largest absolute Gasteiger partial charge is 0.494 e. The molecule has 4 heterocycles. The first-order valence-electron chi connectivity index (χ1n) is 10.4. The maximum absolute atomic E-state index is 14.1. The van der Waals surface area contributed by atoms with Crippen molar-refractivity contribution < 1.29 is 9.13 Å². The van der Waals surface area contributed by atoms with Crippen LogP contribution in [0.1, 0.15) is 0 Å². The summed E-state index contributed by atoms with van der Waals surface area (Å²) in [5.41, 5.74) is 4.20. The molecule has 1 saturated heterocycles. The Bertz CT molecular complexity index is 1310. The number of benzene rings is 1. The number of methoxy groups -OCH3 is 1. The van der Waals surface area contributed by atoms with Crippen molar-refractivity contribution in [1.82, 2.24) is 24.5 Å². The Hall–Kier alpha value is -3.26. The van der Waals surface area contributed by atoms with Crippen LogP contribution < -0.4 is 9.64 Å². The maximum atomic E-state index is 14.1. The molecule has 0 spiro atoms. The number of fused-ring (bicyclic) bond motifs is 3. The number of anilines is 1. The summed E-state index contributed by atoms with van der Waals surface area (Å²) in [4.78, 5) is 13.8. The summed E-state index contributed by atoms with van der Waals surface area (Å²) in [6.45, 7) is 2.13. The van der Waals surface area contributed by atoms with Gasteiger partial charge in [-0.3, -0.25) is 4.98 Å². The van der Waals surface area contributed by atoms with Crippen LogP contribution in [0.3, 0.4) is 0 Å². The van der Waals surface area contributed by atoms with Crippen molar-refractivity contribution in [3.05, 3.63) is 48.8 Å². The van der Waals surface area contributed by atoms with Gasteiger partial charge >= 0.3 is 0 Å². The number of nitrogens with zero attached hydrogens (tertiary/aromatic N) is 6. The Kier molecular flexibility index (Phi) is 3.95. The highest BCUT2D eigenvalue weighted by Crippen LogP contribution is 2.49. The summed E-state index contributed by atoms with van der Waals surface area (Å²) in [7, 11) is 5.79. The van der Waals surface area contributed by atoms with Gasteiger partial charge in [0.25, 0.3) is 0 Å². The van der Waals surface area contributed by atoms with Crippen LogP contribution in [-0.2, 0) is 0 Å². The van der Waals surface area contributed by atoms with Crippen LogP contribution in [-0.4, -0.2) is 64.8 Å². The minimum atomic E-state index is -0.428.